The van der Waals surface area contributed by atoms with Crippen molar-refractivity contribution in [3.63, 3.8) is 0 Å². The quantitative estimate of drug-likeness (QED) is 0.445. The Bertz CT molecular complexity index is 919. The molecule has 0 N–H and O–H groups in total. The van der Waals surface area contributed by atoms with Gasteiger partial charge in [0, 0.05) is 11.8 Å². The Morgan fingerprint density at radius 3 is 2.21 bits per heavy atom. The van der Waals surface area contributed by atoms with Crippen LogP contribution in [0, 0.1) is 13.8 Å². The Labute approximate surface area is 177 Å². The van der Waals surface area contributed by atoms with E-state index in [0.29, 0.717) is 15.2 Å². The second-order valence-corrected chi connectivity index (χ2v) is 8.71. The molecule has 0 heterocycles. The van der Waals surface area contributed by atoms with E-state index in [1.165, 1.54) is 32.9 Å². The summed E-state index contributed by atoms with van der Waals surface area (Å²) in [5.74, 6) is 1.03. The maximum Gasteiger partial charge on any atom is 0.130 e. The summed E-state index contributed by atoms with van der Waals surface area (Å²) in [6, 6.07) is 23.6. The van der Waals surface area contributed by atoms with E-state index in [4.69, 9.17) is 4.74 Å². The molecular weight excluding hydrogens is 373 g/mol. The monoisotopic (exact) mass is 405 g/mol. The molecule has 3 aromatic carbocycles. The van der Waals surface area contributed by atoms with E-state index < -0.39 is 0 Å². The molecule has 0 aliphatic heterocycles. The first-order valence-corrected chi connectivity index (χ1v) is 11.5. The van der Waals surface area contributed by atoms with Crippen molar-refractivity contribution in [2.24, 2.45) is 0 Å². The predicted molar refractivity (Wildman–Crippen MR) is 127 cm³/mol. The number of benzene rings is 3. The molecular formula is C26H32NOP. The van der Waals surface area contributed by atoms with E-state index in [1.807, 2.05) is 6.07 Å². The summed E-state index contributed by atoms with van der Waals surface area (Å²) in [6.07, 6.45) is 0. The second kappa shape index (κ2) is 10.6. The lowest BCUT2D eigenvalue weighted by molar-refractivity contribution is 0.296. The van der Waals surface area contributed by atoms with Gasteiger partial charge in [-0.3, -0.25) is 4.90 Å². The highest BCUT2D eigenvalue weighted by atomic mass is 31.1. The van der Waals surface area contributed by atoms with Crippen LogP contribution < -0.4 is 15.3 Å². The van der Waals surface area contributed by atoms with Crippen molar-refractivity contribution >= 4 is 19.2 Å². The highest BCUT2D eigenvalue weighted by Gasteiger charge is 2.14. The van der Waals surface area contributed by atoms with Crippen LogP contribution in [-0.2, 0) is 13.2 Å². The zero-order valence-corrected chi connectivity index (χ0v) is 19.0. The van der Waals surface area contributed by atoms with Crippen LogP contribution >= 0.6 is 8.58 Å². The van der Waals surface area contributed by atoms with Gasteiger partial charge in [-0.25, -0.2) is 0 Å². The maximum absolute atomic E-state index is 6.33. The largest absolute Gasteiger partial charge is 0.488 e. The van der Waals surface area contributed by atoms with Crippen LogP contribution in [0.15, 0.2) is 66.7 Å². The van der Waals surface area contributed by atoms with Gasteiger partial charge in [0.15, 0.2) is 0 Å². The third-order valence-electron chi connectivity index (χ3n) is 5.35. The van der Waals surface area contributed by atoms with Crippen LogP contribution in [0.3, 0.4) is 0 Å². The van der Waals surface area contributed by atoms with Crippen molar-refractivity contribution in [3.8, 4) is 5.75 Å². The zero-order valence-electron chi connectivity index (χ0n) is 18.0. The SMILES string of the molecule is CCN(CC)Cc1cccc(C)c1Pc1cccc(C)c1OCc1ccccc1. The smallest absolute Gasteiger partial charge is 0.130 e. The lowest BCUT2D eigenvalue weighted by atomic mass is 10.1. The van der Waals surface area contributed by atoms with E-state index in [1.54, 1.807) is 0 Å². The van der Waals surface area contributed by atoms with Crippen molar-refractivity contribution in [1.29, 1.82) is 0 Å². The Morgan fingerprint density at radius 1 is 0.793 bits per heavy atom. The van der Waals surface area contributed by atoms with Crippen LogP contribution in [0.4, 0.5) is 0 Å². The van der Waals surface area contributed by atoms with Crippen molar-refractivity contribution in [2.75, 3.05) is 13.1 Å². The molecule has 152 valence electrons. The van der Waals surface area contributed by atoms with Crippen molar-refractivity contribution in [1.82, 2.24) is 4.90 Å². The van der Waals surface area contributed by atoms with E-state index in [9.17, 15) is 0 Å². The van der Waals surface area contributed by atoms with Crippen LogP contribution in [0.25, 0.3) is 0 Å². The summed E-state index contributed by atoms with van der Waals surface area (Å²) in [7, 11) is 0.588. The number of hydrogen-bond acceptors (Lipinski definition) is 2. The zero-order chi connectivity index (χ0) is 20.6. The lowest BCUT2D eigenvalue weighted by Gasteiger charge is -2.22. The molecule has 0 saturated heterocycles. The van der Waals surface area contributed by atoms with Gasteiger partial charge in [0.2, 0.25) is 0 Å². The molecule has 3 heteroatoms. The molecule has 1 atom stereocenters. The van der Waals surface area contributed by atoms with Gasteiger partial charge < -0.3 is 4.74 Å². The molecule has 0 aliphatic carbocycles. The first-order valence-electron chi connectivity index (χ1n) is 10.5. The fourth-order valence-corrected chi connectivity index (χ4v) is 4.97. The molecule has 0 saturated carbocycles. The average Bonchev–Trinajstić information content (AvgIpc) is 2.74. The Morgan fingerprint density at radius 2 is 1.48 bits per heavy atom. The summed E-state index contributed by atoms with van der Waals surface area (Å²) >= 11 is 0. The number of rotatable bonds is 9. The van der Waals surface area contributed by atoms with Gasteiger partial charge in [0.1, 0.15) is 12.4 Å². The van der Waals surface area contributed by atoms with Gasteiger partial charge in [-0.1, -0.05) is 89.2 Å². The summed E-state index contributed by atoms with van der Waals surface area (Å²) < 4.78 is 6.33. The minimum Gasteiger partial charge on any atom is -0.488 e. The molecule has 3 aromatic rings. The molecule has 0 fully saturated rings. The van der Waals surface area contributed by atoms with E-state index in [0.717, 1.165) is 25.4 Å². The molecule has 0 bridgehead atoms. The molecule has 1 unspecified atom stereocenters. The fraction of sp³-hybridized carbons (Fsp3) is 0.308. The van der Waals surface area contributed by atoms with Crippen LogP contribution in [0.1, 0.15) is 36.1 Å². The molecule has 29 heavy (non-hydrogen) atoms. The highest BCUT2D eigenvalue weighted by Crippen LogP contribution is 2.26. The lowest BCUT2D eigenvalue weighted by Crippen LogP contribution is -2.26. The third kappa shape index (κ3) is 5.69. The van der Waals surface area contributed by atoms with Crippen molar-refractivity contribution in [3.05, 3.63) is 89.0 Å². The van der Waals surface area contributed by atoms with Gasteiger partial charge in [-0.15, -0.1) is 0 Å². The fourth-order valence-electron chi connectivity index (χ4n) is 3.53. The van der Waals surface area contributed by atoms with Crippen LogP contribution in [0.2, 0.25) is 0 Å². The van der Waals surface area contributed by atoms with Gasteiger partial charge >= 0.3 is 0 Å². The molecule has 0 radical (unpaired) electrons. The number of ether oxygens (including phenoxy) is 1. The first kappa shape index (κ1) is 21.6. The Balaban J connectivity index is 1.88. The molecule has 0 amide bonds. The minimum atomic E-state index is 0.588. The maximum atomic E-state index is 6.33. The minimum absolute atomic E-state index is 0.588. The molecule has 0 aromatic heterocycles. The van der Waals surface area contributed by atoms with E-state index in [2.05, 4.69) is 93.3 Å². The molecule has 0 aliphatic rings. The van der Waals surface area contributed by atoms with Gasteiger partial charge in [-0.2, -0.15) is 0 Å². The number of para-hydroxylation sites is 1. The van der Waals surface area contributed by atoms with Crippen molar-refractivity contribution < 1.29 is 4.74 Å². The summed E-state index contributed by atoms with van der Waals surface area (Å²) in [4.78, 5) is 2.48. The summed E-state index contributed by atoms with van der Waals surface area (Å²) in [5.41, 5.74) is 5.19. The standard InChI is InChI=1S/C26H32NOP/c1-5-27(6-2)18-23-16-10-13-21(4)26(23)29-24-17-11-12-20(3)25(24)28-19-22-14-8-7-9-15-22/h7-17,29H,5-6,18-19H2,1-4H3. The number of aryl methyl sites for hydroxylation is 2. The van der Waals surface area contributed by atoms with Gasteiger partial charge in [-0.05, 0) is 54.5 Å². The Kier molecular flexibility index (Phi) is 7.86. The average molecular weight is 406 g/mol. The van der Waals surface area contributed by atoms with E-state index in [-0.39, 0.29) is 0 Å². The topological polar surface area (TPSA) is 12.5 Å². The van der Waals surface area contributed by atoms with Crippen LogP contribution in [0.5, 0.6) is 5.75 Å². The summed E-state index contributed by atoms with van der Waals surface area (Å²) in [5, 5.41) is 2.74. The van der Waals surface area contributed by atoms with Gasteiger partial charge in [0.25, 0.3) is 0 Å². The second-order valence-electron chi connectivity index (χ2n) is 7.42. The molecule has 0 spiro atoms. The van der Waals surface area contributed by atoms with Crippen LogP contribution in [-0.4, -0.2) is 18.0 Å². The summed E-state index contributed by atoms with van der Waals surface area (Å²) in [6.45, 7) is 12.6. The first-order chi connectivity index (χ1) is 14.1. The van der Waals surface area contributed by atoms with Gasteiger partial charge in [0.05, 0.1) is 0 Å². The number of hydrogen-bond donors (Lipinski definition) is 0. The Hall–Kier alpha value is -2.15. The molecule has 3 rings (SSSR count). The van der Waals surface area contributed by atoms with Crippen molar-refractivity contribution in [2.45, 2.75) is 40.8 Å². The highest BCUT2D eigenvalue weighted by molar-refractivity contribution is 7.56. The normalized spacial score (nSPS) is 11.5. The molecule has 2 nitrogen and oxygen atoms in total. The van der Waals surface area contributed by atoms with E-state index >= 15 is 0 Å². The number of nitrogens with zero attached hydrogens (tertiary/aromatic N) is 1. The third-order valence-corrected chi connectivity index (χ3v) is 6.97. The predicted octanol–water partition coefficient (Wildman–Crippen LogP) is 5.35.